The van der Waals surface area contributed by atoms with Gasteiger partial charge in [0, 0.05) is 55.2 Å². The number of carbonyl (C=O) groups excluding carboxylic acids is 1. The van der Waals surface area contributed by atoms with Crippen molar-refractivity contribution in [1.29, 1.82) is 0 Å². The van der Waals surface area contributed by atoms with Crippen LogP contribution >= 0.6 is 11.6 Å². The third-order valence-corrected chi connectivity index (χ3v) is 5.44. The summed E-state index contributed by atoms with van der Waals surface area (Å²) in [6.45, 7) is 2.91. The third-order valence-electron chi connectivity index (χ3n) is 5.20. The van der Waals surface area contributed by atoms with E-state index in [0.717, 1.165) is 43.7 Å². The Labute approximate surface area is 158 Å². The van der Waals surface area contributed by atoms with Gasteiger partial charge in [-0.1, -0.05) is 17.7 Å². The van der Waals surface area contributed by atoms with Crippen LogP contribution in [0.2, 0.25) is 5.02 Å². The summed E-state index contributed by atoms with van der Waals surface area (Å²) >= 11 is 6.04. The van der Waals surface area contributed by atoms with Gasteiger partial charge in [0.15, 0.2) is 0 Å². The summed E-state index contributed by atoms with van der Waals surface area (Å²) in [7, 11) is 0. The standard InChI is InChI=1S/C20H23ClN4O/c21-16-3-4-18-15(10-16)11-19(24-18)20(26)23-17-5-8-25(9-6-17)13-14-2-1-7-22-12-14/h1-4,7,10,12,17,19,24H,5-6,8-9,11,13H2,(H,23,26)/t19-/m1/s1. The Morgan fingerprint density at radius 3 is 2.92 bits per heavy atom. The van der Waals surface area contributed by atoms with Crippen molar-refractivity contribution in [3.05, 3.63) is 58.9 Å². The molecule has 1 aromatic heterocycles. The van der Waals surface area contributed by atoms with Crippen LogP contribution in [0, 0.1) is 0 Å². The van der Waals surface area contributed by atoms with Crippen LogP contribution < -0.4 is 10.6 Å². The summed E-state index contributed by atoms with van der Waals surface area (Å²) in [6.07, 6.45) is 6.38. The lowest BCUT2D eigenvalue weighted by molar-refractivity contribution is -0.122. The lowest BCUT2D eigenvalue weighted by Crippen LogP contribution is -2.48. The van der Waals surface area contributed by atoms with Gasteiger partial charge in [-0.25, -0.2) is 0 Å². The Kier molecular flexibility index (Phi) is 5.09. The molecule has 1 fully saturated rings. The van der Waals surface area contributed by atoms with Crippen molar-refractivity contribution in [2.45, 2.75) is 37.9 Å². The number of anilines is 1. The fraction of sp³-hybridized carbons (Fsp3) is 0.400. The summed E-state index contributed by atoms with van der Waals surface area (Å²) in [6, 6.07) is 9.87. The van der Waals surface area contributed by atoms with E-state index in [2.05, 4.69) is 26.6 Å². The number of pyridine rings is 1. The van der Waals surface area contributed by atoms with Crippen LogP contribution in [0.5, 0.6) is 0 Å². The van der Waals surface area contributed by atoms with E-state index in [0.29, 0.717) is 11.4 Å². The molecular formula is C20H23ClN4O. The number of nitrogens with one attached hydrogen (secondary N) is 2. The predicted octanol–water partition coefficient (Wildman–Crippen LogP) is 2.85. The van der Waals surface area contributed by atoms with E-state index in [1.54, 1.807) is 6.20 Å². The molecule has 2 aromatic rings. The van der Waals surface area contributed by atoms with Crippen molar-refractivity contribution in [1.82, 2.24) is 15.2 Å². The molecule has 0 spiro atoms. The monoisotopic (exact) mass is 370 g/mol. The minimum atomic E-state index is -0.197. The Balaban J connectivity index is 1.25. The number of hydrogen-bond donors (Lipinski definition) is 2. The predicted molar refractivity (Wildman–Crippen MR) is 103 cm³/mol. The SMILES string of the molecule is O=C(NC1CCN(Cc2cccnc2)CC1)[C@H]1Cc2cc(Cl)ccc2N1. The minimum absolute atomic E-state index is 0.0861. The number of piperidine rings is 1. The maximum Gasteiger partial charge on any atom is 0.243 e. The highest BCUT2D eigenvalue weighted by molar-refractivity contribution is 6.30. The molecule has 0 saturated carbocycles. The molecule has 0 bridgehead atoms. The molecule has 1 aromatic carbocycles. The average molecular weight is 371 g/mol. The van der Waals surface area contributed by atoms with Crippen molar-refractivity contribution >= 4 is 23.2 Å². The summed E-state index contributed by atoms with van der Waals surface area (Å²) in [5.41, 5.74) is 3.37. The molecule has 26 heavy (non-hydrogen) atoms. The second-order valence-corrected chi connectivity index (χ2v) is 7.56. The van der Waals surface area contributed by atoms with Gasteiger partial charge >= 0.3 is 0 Å². The molecule has 4 rings (SSSR count). The molecule has 2 aliphatic rings. The molecule has 136 valence electrons. The Hall–Kier alpha value is -2.11. The first-order chi connectivity index (χ1) is 12.7. The maximum atomic E-state index is 12.6. The van der Waals surface area contributed by atoms with Crippen molar-refractivity contribution in [2.75, 3.05) is 18.4 Å². The molecule has 5 nitrogen and oxygen atoms in total. The number of rotatable bonds is 4. The first-order valence-corrected chi connectivity index (χ1v) is 9.52. The van der Waals surface area contributed by atoms with Crippen LogP contribution in [0.3, 0.4) is 0 Å². The molecule has 0 unspecified atom stereocenters. The number of aromatic nitrogens is 1. The van der Waals surface area contributed by atoms with Crippen molar-refractivity contribution < 1.29 is 4.79 Å². The molecule has 3 heterocycles. The number of benzene rings is 1. The fourth-order valence-corrected chi connectivity index (χ4v) is 3.97. The number of amides is 1. The first kappa shape index (κ1) is 17.3. The van der Waals surface area contributed by atoms with Crippen LogP contribution in [0.1, 0.15) is 24.0 Å². The van der Waals surface area contributed by atoms with Crippen LogP contribution in [0.25, 0.3) is 0 Å². The van der Waals surface area contributed by atoms with E-state index in [4.69, 9.17) is 11.6 Å². The van der Waals surface area contributed by atoms with E-state index < -0.39 is 0 Å². The van der Waals surface area contributed by atoms with Gasteiger partial charge < -0.3 is 10.6 Å². The second kappa shape index (κ2) is 7.64. The Bertz CT molecular complexity index is 775. The van der Waals surface area contributed by atoms with Gasteiger partial charge in [0.05, 0.1) is 0 Å². The second-order valence-electron chi connectivity index (χ2n) is 7.12. The van der Waals surface area contributed by atoms with Gasteiger partial charge in [0.25, 0.3) is 0 Å². The normalized spacial score (nSPS) is 20.4. The van der Waals surface area contributed by atoms with Gasteiger partial charge in [-0.05, 0) is 48.2 Å². The summed E-state index contributed by atoms with van der Waals surface area (Å²) in [4.78, 5) is 19.2. The third kappa shape index (κ3) is 4.00. The van der Waals surface area contributed by atoms with Gasteiger partial charge in [0.1, 0.15) is 6.04 Å². The highest BCUT2D eigenvalue weighted by Gasteiger charge is 2.29. The smallest absolute Gasteiger partial charge is 0.243 e. The van der Waals surface area contributed by atoms with E-state index in [-0.39, 0.29) is 18.0 Å². The Morgan fingerprint density at radius 2 is 2.15 bits per heavy atom. The topological polar surface area (TPSA) is 57.3 Å². The van der Waals surface area contributed by atoms with Crippen molar-refractivity contribution in [3.63, 3.8) is 0 Å². The molecule has 0 aliphatic carbocycles. The number of nitrogens with zero attached hydrogens (tertiary/aromatic N) is 2. The zero-order chi connectivity index (χ0) is 17.9. The maximum absolute atomic E-state index is 12.6. The molecular weight excluding hydrogens is 348 g/mol. The zero-order valence-corrected chi connectivity index (χ0v) is 15.4. The summed E-state index contributed by atoms with van der Waals surface area (Å²) in [5.74, 6) is 0.0861. The van der Waals surface area contributed by atoms with Gasteiger partial charge in [-0.15, -0.1) is 0 Å². The van der Waals surface area contributed by atoms with Crippen molar-refractivity contribution in [3.8, 4) is 0 Å². The van der Waals surface area contributed by atoms with E-state index in [1.165, 1.54) is 5.56 Å². The quantitative estimate of drug-likeness (QED) is 0.868. The van der Waals surface area contributed by atoms with E-state index in [1.807, 2.05) is 30.5 Å². The van der Waals surface area contributed by atoms with Crippen molar-refractivity contribution in [2.24, 2.45) is 0 Å². The summed E-state index contributed by atoms with van der Waals surface area (Å²) < 4.78 is 0. The van der Waals surface area contributed by atoms with Crippen LogP contribution in [0.15, 0.2) is 42.7 Å². The zero-order valence-electron chi connectivity index (χ0n) is 14.6. The fourth-order valence-electron chi connectivity index (χ4n) is 3.78. The highest BCUT2D eigenvalue weighted by Crippen LogP contribution is 2.28. The molecule has 1 atom stereocenters. The van der Waals surface area contributed by atoms with Gasteiger partial charge in [0.2, 0.25) is 5.91 Å². The lowest BCUT2D eigenvalue weighted by Gasteiger charge is -2.32. The number of likely N-dealkylation sites (tertiary alicyclic amines) is 1. The molecule has 2 N–H and O–H groups in total. The number of fused-ring (bicyclic) bond motifs is 1. The lowest BCUT2D eigenvalue weighted by atomic mass is 10.0. The summed E-state index contributed by atoms with van der Waals surface area (Å²) in [5, 5.41) is 7.24. The van der Waals surface area contributed by atoms with Crippen LogP contribution in [-0.4, -0.2) is 41.0 Å². The van der Waals surface area contributed by atoms with Gasteiger partial charge in [-0.3, -0.25) is 14.7 Å². The first-order valence-electron chi connectivity index (χ1n) is 9.14. The largest absolute Gasteiger partial charge is 0.373 e. The highest BCUT2D eigenvalue weighted by atomic mass is 35.5. The van der Waals surface area contributed by atoms with E-state index in [9.17, 15) is 4.79 Å². The van der Waals surface area contributed by atoms with Crippen LogP contribution in [-0.2, 0) is 17.8 Å². The molecule has 0 radical (unpaired) electrons. The number of halogens is 1. The molecule has 6 heteroatoms. The molecule has 1 amide bonds. The average Bonchev–Trinajstić information content (AvgIpc) is 3.07. The van der Waals surface area contributed by atoms with E-state index >= 15 is 0 Å². The molecule has 2 aliphatic heterocycles. The number of carbonyl (C=O) groups is 1. The van der Waals surface area contributed by atoms with Gasteiger partial charge in [-0.2, -0.15) is 0 Å². The number of hydrogen-bond acceptors (Lipinski definition) is 4. The molecule has 1 saturated heterocycles. The minimum Gasteiger partial charge on any atom is -0.373 e. The van der Waals surface area contributed by atoms with Crippen LogP contribution in [0.4, 0.5) is 5.69 Å². The Morgan fingerprint density at radius 1 is 1.31 bits per heavy atom.